The fourth-order valence-electron chi connectivity index (χ4n) is 3.73. The second-order valence-corrected chi connectivity index (χ2v) is 7.29. The van der Waals surface area contributed by atoms with Crippen molar-refractivity contribution in [3.63, 3.8) is 0 Å². The molecule has 1 aliphatic heterocycles. The summed E-state index contributed by atoms with van der Waals surface area (Å²) in [5.74, 6) is -1.02. The van der Waals surface area contributed by atoms with Gasteiger partial charge in [-0.3, -0.25) is 4.90 Å². The molecular weight excluding hydrogens is 399 g/mol. The van der Waals surface area contributed by atoms with E-state index in [1.807, 2.05) is 32.0 Å². The summed E-state index contributed by atoms with van der Waals surface area (Å²) in [6.07, 6.45) is 0. The normalized spacial score (nSPS) is 16.2. The Kier molecular flexibility index (Phi) is 6.95. The number of nitrogens with one attached hydrogen (secondary N) is 1. The second kappa shape index (κ2) is 9.64. The van der Waals surface area contributed by atoms with Gasteiger partial charge in [-0.1, -0.05) is 35.9 Å². The van der Waals surface area contributed by atoms with Crippen molar-refractivity contribution in [1.82, 2.24) is 10.2 Å². The van der Waals surface area contributed by atoms with Crippen LogP contribution in [0.15, 0.2) is 53.7 Å². The standard InChI is InChI=1S/C24H27FN2O4/c1-5-27-19(14-31-20-10-8-7-9-18(20)25)21(23(28)30-6-2)22(26-24(27)29)17-12-11-15(3)13-16(17)4/h7-13,22H,5-6,14H2,1-4H3,(H,26,29)/t22-/m0/s1. The summed E-state index contributed by atoms with van der Waals surface area (Å²) in [6, 6.07) is 10.8. The summed E-state index contributed by atoms with van der Waals surface area (Å²) >= 11 is 0. The van der Waals surface area contributed by atoms with Gasteiger partial charge in [0.1, 0.15) is 6.61 Å². The van der Waals surface area contributed by atoms with Crippen molar-refractivity contribution in [3.8, 4) is 5.75 Å². The highest BCUT2D eigenvalue weighted by atomic mass is 19.1. The first-order valence-corrected chi connectivity index (χ1v) is 10.3. The molecule has 0 aliphatic carbocycles. The maximum absolute atomic E-state index is 14.1. The molecule has 1 N–H and O–H groups in total. The molecule has 0 saturated carbocycles. The molecular formula is C24H27FN2O4. The van der Waals surface area contributed by atoms with Crippen LogP contribution in [0.3, 0.4) is 0 Å². The smallest absolute Gasteiger partial charge is 0.338 e. The van der Waals surface area contributed by atoms with Crippen molar-refractivity contribution < 1.29 is 23.5 Å². The molecule has 7 heteroatoms. The first-order valence-electron chi connectivity index (χ1n) is 10.3. The Morgan fingerprint density at radius 2 is 1.90 bits per heavy atom. The molecule has 0 unspecified atom stereocenters. The average Bonchev–Trinajstić information content (AvgIpc) is 2.73. The van der Waals surface area contributed by atoms with Crippen LogP contribution < -0.4 is 10.1 Å². The number of esters is 1. The number of urea groups is 1. The Balaban J connectivity index is 2.11. The Hall–Kier alpha value is -3.35. The van der Waals surface area contributed by atoms with Crippen LogP contribution in [-0.4, -0.2) is 36.7 Å². The van der Waals surface area contributed by atoms with Gasteiger partial charge in [0.15, 0.2) is 11.6 Å². The van der Waals surface area contributed by atoms with E-state index in [9.17, 15) is 14.0 Å². The number of hydrogen-bond donors (Lipinski definition) is 1. The lowest BCUT2D eigenvalue weighted by Gasteiger charge is -2.36. The van der Waals surface area contributed by atoms with Gasteiger partial charge in [0.25, 0.3) is 0 Å². The quantitative estimate of drug-likeness (QED) is 0.666. The Morgan fingerprint density at radius 1 is 1.16 bits per heavy atom. The summed E-state index contributed by atoms with van der Waals surface area (Å²) in [7, 11) is 0. The monoisotopic (exact) mass is 426 g/mol. The largest absolute Gasteiger partial charge is 0.484 e. The van der Waals surface area contributed by atoms with Gasteiger partial charge in [-0.15, -0.1) is 0 Å². The fraction of sp³-hybridized carbons (Fsp3) is 0.333. The predicted octanol–water partition coefficient (Wildman–Crippen LogP) is 4.42. The van der Waals surface area contributed by atoms with Crippen molar-refractivity contribution in [2.24, 2.45) is 0 Å². The lowest BCUT2D eigenvalue weighted by atomic mass is 9.91. The zero-order valence-corrected chi connectivity index (χ0v) is 18.2. The zero-order chi connectivity index (χ0) is 22.5. The number of carbonyl (C=O) groups is 2. The van der Waals surface area contributed by atoms with E-state index in [1.54, 1.807) is 26.0 Å². The van der Waals surface area contributed by atoms with Crippen LogP contribution in [0, 0.1) is 19.7 Å². The minimum Gasteiger partial charge on any atom is -0.484 e. The number of amides is 2. The van der Waals surface area contributed by atoms with Gasteiger partial charge in [0, 0.05) is 6.54 Å². The molecule has 2 aromatic carbocycles. The molecule has 31 heavy (non-hydrogen) atoms. The number of aryl methyl sites for hydroxylation is 2. The highest BCUT2D eigenvalue weighted by molar-refractivity contribution is 5.95. The molecule has 6 nitrogen and oxygen atoms in total. The third-order valence-corrected chi connectivity index (χ3v) is 5.19. The molecule has 1 heterocycles. The highest BCUT2D eigenvalue weighted by Crippen LogP contribution is 2.34. The number of likely N-dealkylation sites (N-methyl/N-ethyl adjacent to an activating group) is 1. The van der Waals surface area contributed by atoms with Gasteiger partial charge >= 0.3 is 12.0 Å². The van der Waals surface area contributed by atoms with Gasteiger partial charge in [-0.25, -0.2) is 14.0 Å². The Labute approximate surface area is 181 Å². The summed E-state index contributed by atoms with van der Waals surface area (Å²) in [5, 5.41) is 2.92. The third kappa shape index (κ3) is 4.71. The van der Waals surface area contributed by atoms with Gasteiger partial charge in [0.05, 0.1) is 23.9 Å². The maximum Gasteiger partial charge on any atom is 0.338 e. The topological polar surface area (TPSA) is 67.9 Å². The van der Waals surface area contributed by atoms with Crippen LogP contribution in [0.5, 0.6) is 5.75 Å². The molecule has 0 spiro atoms. The van der Waals surface area contributed by atoms with Crippen molar-refractivity contribution in [2.45, 2.75) is 33.7 Å². The number of carbonyl (C=O) groups excluding carboxylic acids is 2. The summed E-state index contributed by atoms with van der Waals surface area (Å²) in [6.45, 7) is 7.76. The molecule has 2 aromatic rings. The molecule has 0 bridgehead atoms. The van der Waals surface area contributed by atoms with E-state index in [0.29, 0.717) is 12.2 Å². The molecule has 0 aromatic heterocycles. The number of rotatable bonds is 7. The molecule has 164 valence electrons. The predicted molar refractivity (Wildman–Crippen MR) is 115 cm³/mol. The number of ether oxygens (including phenoxy) is 2. The van der Waals surface area contributed by atoms with Crippen molar-refractivity contribution >= 4 is 12.0 Å². The molecule has 3 rings (SSSR count). The van der Waals surface area contributed by atoms with Crippen LogP contribution in [0.2, 0.25) is 0 Å². The molecule has 2 amide bonds. The first-order chi connectivity index (χ1) is 14.9. The number of nitrogens with zero attached hydrogens (tertiary/aromatic N) is 1. The van der Waals surface area contributed by atoms with E-state index in [1.165, 1.54) is 17.0 Å². The lowest BCUT2D eigenvalue weighted by molar-refractivity contribution is -0.139. The summed E-state index contributed by atoms with van der Waals surface area (Å²) in [5.41, 5.74) is 3.44. The van der Waals surface area contributed by atoms with E-state index >= 15 is 0 Å². The van der Waals surface area contributed by atoms with Crippen molar-refractivity contribution in [1.29, 1.82) is 0 Å². The van der Waals surface area contributed by atoms with E-state index in [2.05, 4.69) is 5.32 Å². The first kappa shape index (κ1) is 22.3. The number of benzene rings is 2. The average molecular weight is 426 g/mol. The van der Waals surface area contributed by atoms with Gasteiger partial charge in [-0.05, 0) is 51.0 Å². The van der Waals surface area contributed by atoms with E-state index in [4.69, 9.17) is 9.47 Å². The van der Waals surface area contributed by atoms with Crippen LogP contribution in [0.4, 0.5) is 9.18 Å². The SMILES string of the molecule is CCOC(=O)C1=C(COc2ccccc2F)N(CC)C(=O)N[C@H]1c1ccc(C)cc1C. The van der Waals surface area contributed by atoms with Gasteiger partial charge in [-0.2, -0.15) is 0 Å². The van der Waals surface area contributed by atoms with E-state index < -0.39 is 17.8 Å². The van der Waals surface area contributed by atoms with Crippen molar-refractivity contribution in [2.75, 3.05) is 19.8 Å². The molecule has 0 saturated heterocycles. The highest BCUT2D eigenvalue weighted by Gasteiger charge is 2.38. The van der Waals surface area contributed by atoms with Crippen LogP contribution in [0.25, 0.3) is 0 Å². The summed E-state index contributed by atoms with van der Waals surface area (Å²) < 4.78 is 25.1. The Bertz CT molecular complexity index is 1020. The number of hydrogen-bond acceptors (Lipinski definition) is 4. The van der Waals surface area contributed by atoms with Crippen LogP contribution in [-0.2, 0) is 9.53 Å². The van der Waals surface area contributed by atoms with E-state index in [0.717, 1.165) is 16.7 Å². The van der Waals surface area contributed by atoms with Gasteiger partial charge in [0.2, 0.25) is 0 Å². The third-order valence-electron chi connectivity index (χ3n) is 5.19. The molecule has 1 aliphatic rings. The minimum atomic E-state index is -0.700. The van der Waals surface area contributed by atoms with Gasteiger partial charge < -0.3 is 14.8 Å². The minimum absolute atomic E-state index is 0.0447. The maximum atomic E-state index is 14.1. The molecule has 0 radical (unpaired) electrons. The molecule has 0 fully saturated rings. The Morgan fingerprint density at radius 3 is 2.55 bits per heavy atom. The zero-order valence-electron chi connectivity index (χ0n) is 18.2. The number of halogens is 1. The summed E-state index contributed by atoms with van der Waals surface area (Å²) in [4.78, 5) is 27.4. The lowest BCUT2D eigenvalue weighted by Crippen LogP contribution is -2.49. The number of para-hydroxylation sites is 1. The molecule has 1 atom stereocenters. The van der Waals surface area contributed by atoms with Crippen LogP contribution >= 0.6 is 0 Å². The van der Waals surface area contributed by atoms with Crippen LogP contribution in [0.1, 0.15) is 36.6 Å². The second-order valence-electron chi connectivity index (χ2n) is 7.29. The fourth-order valence-corrected chi connectivity index (χ4v) is 3.73. The van der Waals surface area contributed by atoms with Crippen molar-refractivity contribution in [3.05, 3.63) is 76.2 Å². The van der Waals surface area contributed by atoms with E-state index in [-0.39, 0.29) is 30.6 Å².